The molecule has 0 spiro atoms. The monoisotopic (exact) mass is 222 g/mol. The van der Waals surface area contributed by atoms with Crippen LogP contribution in [0.15, 0.2) is 24.3 Å². The van der Waals surface area contributed by atoms with Crippen LogP contribution in [-0.4, -0.2) is 25.7 Å². The summed E-state index contributed by atoms with van der Waals surface area (Å²) in [4.78, 5) is 2.05. The lowest BCUT2D eigenvalue weighted by Crippen LogP contribution is -2.47. The van der Waals surface area contributed by atoms with E-state index < -0.39 is 0 Å². The molecule has 1 aliphatic rings. The molecule has 0 aromatic heterocycles. The molecule has 0 saturated carbocycles. The minimum atomic E-state index is -0.136. The molecular formula is C13H19FN2. The van der Waals surface area contributed by atoms with Gasteiger partial charge in [-0.2, -0.15) is 0 Å². The van der Waals surface area contributed by atoms with E-state index in [1.54, 1.807) is 6.07 Å². The number of anilines is 1. The molecule has 0 aliphatic carbocycles. The van der Waals surface area contributed by atoms with Crippen LogP contribution in [0, 0.1) is 5.82 Å². The molecule has 1 aliphatic heterocycles. The van der Waals surface area contributed by atoms with E-state index in [-0.39, 0.29) is 5.82 Å². The summed E-state index contributed by atoms with van der Waals surface area (Å²) < 4.78 is 13.6. The average Bonchev–Trinajstić information content (AvgIpc) is 2.30. The first-order valence-corrected chi connectivity index (χ1v) is 5.89. The van der Waals surface area contributed by atoms with Gasteiger partial charge in [0.15, 0.2) is 0 Å². The second-order valence-corrected chi connectivity index (χ2v) is 4.60. The Kier molecular flexibility index (Phi) is 3.44. The lowest BCUT2D eigenvalue weighted by atomic mass is 10.0. The lowest BCUT2D eigenvalue weighted by molar-refractivity contribution is 0.374. The highest BCUT2D eigenvalue weighted by molar-refractivity contribution is 5.47. The topological polar surface area (TPSA) is 15.3 Å². The Hall–Kier alpha value is -1.09. The Morgan fingerprint density at radius 1 is 1.31 bits per heavy atom. The summed E-state index contributed by atoms with van der Waals surface area (Å²) in [5.74, 6) is -0.136. The molecule has 88 valence electrons. The molecule has 1 N–H and O–H groups in total. The van der Waals surface area contributed by atoms with Crippen molar-refractivity contribution in [2.24, 2.45) is 0 Å². The standard InChI is InChI=1S/C13H19FN2/c1-10-7-8-11(9-15-10)16(2)13-6-4-3-5-12(13)14/h3-6,10-11,15H,7-9H2,1-2H3. The predicted molar refractivity (Wildman–Crippen MR) is 65.3 cm³/mol. The summed E-state index contributed by atoms with van der Waals surface area (Å²) >= 11 is 0. The Balaban J connectivity index is 2.07. The van der Waals surface area contributed by atoms with Crippen LogP contribution >= 0.6 is 0 Å². The van der Waals surface area contributed by atoms with Crippen LogP contribution < -0.4 is 10.2 Å². The van der Waals surface area contributed by atoms with Crippen LogP contribution in [-0.2, 0) is 0 Å². The van der Waals surface area contributed by atoms with Gasteiger partial charge in [-0.1, -0.05) is 12.1 Å². The molecule has 0 amide bonds. The maximum atomic E-state index is 13.6. The van der Waals surface area contributed by atoms with E-state index in [1.807, 2.05) is 24.1 Å². The van der Waals surface area contributed by atoms with Crippen molar-refractivity contribution < 1.29 is 4.39 Å². The molecule has 1 aromatic rings. The maximum Gasteiger partial charge on any atom is 0.146 e. The highest BCUT2D eigenvalue weighted by atomic mass is 19.1. The van der Waals surface area contributed by atoms with Crippen molar-refractivity contribution in [3.8, 4) is 0 Å². The lowest BCUT2D eigenvalue weighted by Gasteiger charge is -2.35. The number of rotatable bonds is 2. The van der Waals surface area contributed by atoms with Gasteiger partial charge in [-0.3, -0.25) is 0 Å². The maximum absolute atomic E-state index is 13.6. The van der Waals surface area contributed by atoms with E-state index in [0.29, 0.717) is 17.8 Å². The second kappa shape index (κ2) is 4.83. The number of hydrogen-bond donors (Lipinski definition) is 1. The first-order chi connectivity index (χ1) is 7.68. The van der Waals surface area contributed by atoms with E-state index >= 15 is 0 Å². The van der Waals surface area contributed by atoms with E-state index in [9.17, 15) is 4.39 Å². The molecule has 2 unspecified atom stereocenters. The van der Waals surface area contributed by atoms with Gasteiger partial charge in [0, 0.05) is 25.7 Å². The summed E-state index contributed by atoms with van der Waals surface area (Å²) in [5.41, 5.74) is 0.698. The van der Waals surface area contributed by atoms with Crippen molar-refractivity contribution >= 4 is 5.69 Å². The van der Waals surface area contributed by atoms with Gasteiger partial charge >= 0.3 is 0 Å². The largest absolute Gasteiger partial charge is 0.368 e. The molecule has 16 heavy (non-hydrogen) atoms. The number of nitrogens with zero attached hydrogens (tertiary/aromatic N) is 1. The Morgan fingerprint density at radius 2 is 2.06 bits per heavy atom. The summed E-state index contributed by atoms with van der Waals surface area (Å²) in [6.07, 6.45) is 2.28. The van der Waals surface area contributed by atoms with Gasteiger partial charge in [0.2, 0.25) is 0 Å². The zero-order valence-corrected chi connectivity index (χ0v) is 9.91. The minimum absolute atomic E-state index is 0.136. The quantitative estimate of drug-likeness (QED) is 0.826. The molecule has 2 atom stereocenters. The van der Waals surface area contributed by atoms with Crippen LogP contribution in [0.2, 0.25) is 0 Å². The number of nitrogens with one attached hydrogen (secondary N) is 1. The number of halogens is 1. The molecule has 3 heteroatoms. The summed E-state index contributed by atoms with van der Waals surface area (Å²) in [6, 6.07) is 7.96. The molecule has 0 bridgehead atoms. The first-order valence-electron chi connectivity index (χ1n) is 5.89. The number of benzene rings is 1. The number of piperidine rings is 1. The smallest absolute Gasteiger partial charge is 0.146 e. The predicted octanol–water partition coefficient (Wildman–Crippen LogP) is 2.40. The highest BCUT2D eigenvalue weighted by Gasteiger charge is 2.22. The summed E-state index contributed by atoms with van der Waals surface area (Å²) in [7, 11) is 1.97. The molecule has 0 radical (unpaired) electrons. The van der Waals surface area contributed by atoms with Gasteiger partial charge in [0.25, 0.3) is 0 Å². The first kappa shape index (κ1) is 11.4. The molecular weight excluding hydrogens is 203 g/mol. The van der Waals surface area contributed by atoms with E-state index in [0.717, 1.165) is 19.4 Å². The van der Waals surface area contributed by atoms with Crippen molar-refractivity contribution in [1.82, 2.24) is 5.32 Å². The fraction of sp³-hybridized carbons (Fsp3) is 0.538. The SMILES string of the molecule is CC1CCC(N(C)c2ccccc2F)CN1. The summed E-state index contributed by atoms with van der Waals surface area (Å²) in [5, 5.41) is 3.44. The Morgan fingerprint density at radius 3 is 2.69 bits per heavy atom. The fourth-order valence-electron chi connectivity index (χ4n) is 2.25. The van der Waals surface area contributed by atoms with Crippen LogP contribution in [0.4, 0.5) is 10.1 Å². The highest BCUT2D eigenvalue weighted by Crippen LogP contribution is 2.22. The molecule has 1 saturated heterocycles. The molecule has 1 heterocycles. The third-order valence-electron chi connectivity index (χ3n) is 3.42. The second-order valence-electron chi connectivity index (χ2n) is 4.60. The third-order valence-corrected chi connectivity index (χ3v) is 3.42. The number of para-hydroxylation sites is 1. The van der Waals surface area contributed by atoms with Crippen LogP contribution in [0.5, 0.6) is 0 Å². The van der Waals surface area contributed by atoms with E-state index in [2.05, 4.69) is 12.2 Å². The van der Waals surface area contributed by atoms with Crippen LogP contribution in [0.1, 0.15) is 19.8 Å². The fourth-order valence-corrected chi connectivity index (χ4v) is 2.25. The minimum Gasteiger partial charge on any atom is -0.368 e. The van der Waals surface area contributed by atoms with Crippen molar-refractivity contribution in [3.63, 3.8) is 0 Å². The summed E-state index contributed by atoms with van der Waals surface area (Å²) in [6.45, 7) is 3.13. The van der Waals surface area contributed by atoms with Gasteiger partial charge in [0.1, 0.15) is 5.82 Å². The Bertz CT molecular complexity index is 346. The van der Waals surface area contributed by atoms with Gasteiger partial charge < -0.3 is 10.2 Å². The zero-order chi connectivity index (χ0) is 11.5. The normalized spacial score (nSPS) is 25.4. The average molecular weight is 222 g/mol. The van der Waals surface area contributed by atoms with Gasteiger partial charge in [-0.15, -0.1) is 0 Å². The number of hydrogen-bond acceptors (Lipinski definition) is 2. The molecule has 1 aromatic carbocycles. The van der Waals surface area contributed by atoms with E-state index in [1.165, 1.54) is 6.07 Å². The zero-order valence-electron chi connectivity index (χ0n) is 9.91. The van der Waals surface area contributed by atoms with Gasteiger partial charge in [0.05, 0.1) is 5.69 Å². The van der Waals surface area contributed by atoms with Gasteiger partial charge in [-0.25, -0.2) is 4.39 Å². The van der Waals surface area contributed by atoms with Crippen molar-refractivity contribution in [1.29, 1.82) is 0 Å². The van der Waals surface area contributed by atoms with Gasteiger partial charge in [-0.05, 0) is 31.9 Å². The Labute approximate surface area is 96.5 Å². The molecule has 2 rings (SSSR count). The van der Waals surface area contributed by atoms with Crippen molar-refractivity contribution in [3.05, 3.63) is 30.1 Å². The third kappa shape index (κ3) is 2.35. The van der Waals surface area contributed by atoms with Crippen molar-refractivity contribution in [2.45, 2.75) is 31.8 Å². The molecule has 2 nitrogen and oxygen atoms in total. The number of likely N-dealkylation sites (N-methyl/N-ethyl adjacent to an activating group) is 1. The van der Waals surface area contributed by atoms with Crippen LogP contribution in [0.25, 0.3) is 0 Å². The van der Waals surface area contributed by atoms with Crippen LogP contribution in [0.3, 0.4) is 0 Å². The van der Waals surface area contributed by atoms with Crippen molar-refractivity contribution in [2.75, 3.05) is 18.5 Å². The molecule has 1 fully saturated rings. The van der Waals surface area contributed by atoms with E-state index in [4.69, 9.17) is 0 Å².